The number of amides is 1. The summed E-state index contributed by atoms with van der Waals surface area (Å²) in [6.07, 6.45) is 7.22. The standard InChI is InChI=1S/C29H30N2O4S/c1-17(2)31(28(32)21-6-4-18(3)5-7-21)24-15-25(36-26(24)29(33)34)20-10-8-19(9-11-20)23-14-22-12-13-35-27(22)30-16-23/h8-18,21H,4-7H2,1-3H3,(H,33,34)/t18-,21-. The first kappa shape index (κ1) is 24.3. The third-order valence-electron chi connectivity index (χ3n) is 7.09. The van der Waals surface area contributed by atoms with E-state index in [1.165, 1.54) is 11.3 Å². The Morgan fingerprint density at radius 2 is 1.72 bits per heavy atom. The van der Waals surface area contributed by atoms with Crippen LogP contribution in [-0.2, 0) is 4.79 Å². The number of carboxylic acids is 1. The molecule has 186 valence electrons. The van der Waals surface area contributed by atoms with Crippen molar-refractivity contribution in [1.29, 1.82) is 0 Å². The second-order valence-electron chi connectivity index (χ2n) is 10.0. The Hall–Kier alpha value is -3.45. The zero-order valence-corrected chi connectivity index (χ0v) is 21.5. The summed E-state index contributed by atoms with van der Waals surface area (Å²) in [6.45, 7) is 6.13. The highest BCUT2D eigenvalue weighted by Crippen LogP contribution is 2.40. The molecule has 3 aromatic heterocycles. The molecule has 0 saturated heterocycles. The minimum atomic E-state index is -1.01. The largest absolute Gasteiger partial charge is 0.477 e. The Balaban J connectivity index is 1.46. The summed E-state index contributed by atoms with van der Waals surface area (Å²) < 4.78 is 5.33. The number of fused-ring (bicyclic) bond motifs is 1. The number of anilines is 1. The molecule has 1 amide bonds. The summed E-state index contributed by atoms with van der Waals surface area (Å²) in [5.74, 6) is -0.368. The van der Waals surface area contributed by atoms with Gasteiger partial charge in [-0.3, -0.25) is 4.79 Å². The van der Waals surface area contributed by atoms with E-state index in [-0.39, 0.29) is 22.7 Å². The Morgan fingerprint density at radius 3 is 2.39 bits per heavy atom. The van der Waals surface area contributed by atoms with E-state index >= 15 is 0 Å². The number of pyridine rings is 1. The molecule has 1 aromatic carbocycles. The summed E-state index contributed by atoms with van der Waals surface area (Å²) in [5, 5.41) is 10.9. The normalized spacial score (nSPS) is 18.0. The molecule has 36 heavy (non-hydrogen) atoms. The second kappa shape index (κ2) is 9.90. The minimum absolute atomic E-state index is 0.0428. The highest BCUT2D eigenvalue weighted by Gasteiger charge is 2.33. The molecule has 7 heteroatoms. The highest BCUT2D eigenvalue weighted by molar-refractivity contribution is 7.18. The Morgan fingerprint density at radius 1 is 1.03 bits per heavy atom. The minimum Gasteiger partial charge on any atom is -0.477 e. The number of carboxylic acid groups (broad SMARTS) is 1. The number of carbonyl (C=O) groups is 2. The maximum atomic E-state index is 13.6. The van der Waals surface area contributed by atoms with Crippen LogP contribution in [0.3, 0.4) is 0 Å². The van der Waals surface area contributed by atoms with Gasteiger partial charge in [-0.1, -0.05) is 31.2 Å². The lowest BCUT2D eigenvalue weighted by molar-refractivity contribution is -0.123. The predicted molar refractivity (Wildman–Crippen MR) is 143 cm³/mol. The van der Waals surface area contributed by atoms with Crippen LogP contribution in [0, 0.1) is 11.8 Å². The summed E-state index contributed by atoms with van der Waals surface area (Å²) in [5.41, 5.74) is 4.01. The van der Waals surface area contributed by atoms with Crippen molar-refractivity contribution < 1.29 is 19.1 Å². The maximum absolute atomic E-state index is 13.6. The van der Waals surface area contributed by atoms with Crippen LogP contribution in [0.15, 0.2) is 59.3 Å². The summed E-state index contributed by atoms with van der Waals surface area (Å²) >= 11 is 1.22. The fraction of sp³-hybridized carbons (Fsp3) is 0.345. The van der Waals surface area contributed by atoms with E-state index in [2.05, 4.69) is 11.9 Å². The van der Waals surface area contributed by atoms with E-state index < -0.39 is 5.97 Å². The van der Waals surface area contributed by atoms with Crippen LogP contribution in [0.5, 0.6) is 0 Å². The number of thiophene rings is 1. The van der Waals surface area contributed by atoms with E-state index in [1.807, 2.05) is 56.3 Å². The molecule has 6 nitrogen and oxygen atoms in total. The summed E-state index contributed by atoms with van der Waals surface area (Å²) in [7, 11) is 0. The molecule has 1 N–H and O–H groups in total. The molecule has 0 aliphatic heterocycles. The second-order valence-corrected chi connectivity index (χ2v) is 11.1. The SMILES string of the molecule is CC(C)N(c1cc(-c2ccc(-c3cnc4occc4c3)cc2)sc1C(=O)O)C(=O)[C@H]1CC[C@H](C)CC1. The zero-order valence-electron chi connectivity index (χ0n) is 20.7. The van der Waals surface area contributed by atoms with Crippen molar-refractivity contribution in [3.8, 4) is 21.6 Å². The van der Waals surface area contributed by atoms with Gasteiger partial charge < -0.3 is 14.4 Å². The van der Waals surface area contributed by atoms with Gasteiger partial charge in [0.1, 0.15) is 4.88 Å². The number of hydrogen-bond acceptors (Lipinski definition) is 5. The fourth-order valence-corrected chi connectivity index (χ4v) is 6.05. The lowest BCUT2D eigenvalue weighted by Gasteiger charge is -2.33. The third kappa shape index (κ3) is 4.67. The molecule has 0 bridgehead atoms. The lowest BCUT2D eigenvalue weighted by Crippen LogP contribution is -2.42. The van der Waals surface area contributed by atoms with Crippen LogP contribution in [0.2, 0.25) is 0 Å². The third-order valence-corrected chi connectivity index (χ3v) is 8.26. The van der Waals surface area contributed by atoms with Crippen LogP contribution < -0.4 is 4.90 Å². The molecule has 1 aliphatic rings. The summed E-state index contributed by atoms with van der Waals surface area (Å²) in [4.78, 5) is 32.9. The first-order valence-corrected chi connectivity index (χ1v) is 13.3. The van der Waals surface area contributed by atoms with Crippen molar-refractivity contribution in [1.82, 2.24) is 4.98 Å². The van der Waals surface area contributed by atoms with Gasteiger partial charge in [0, 0.05) is 34.0 Å². The van der Waals surface area contributed by atoms with Gasteiger partial charge in [-0.05, 0) is 74.8 Å². The van der Waals surface area contributed by atoms with Gasteiger partial charge in [0.05, 0.1) is 12.0 Å². The van der Waals surface area contributed by atoms with E-state index in [9.17, 15) is 14.7 Å². The van der Waals surface area contributed by atoms with Gasteiger partial charge >= 0.3 is 5.97 Å². The number of furan rings is 1. The van der Waals surface area contributed by atoms with Crippen molar-refractivity contribution in [3.05, 3.63) is 59.8 Å². The molecule has 3 heterocycles. The van der Waals surface area contributed by atoms with Gasteiger partial charge in [-0.2, -0.15) is 0 Å². The quantitative estimate of drug-likeness (QED) is 0.295. The predicted octanol–water partition coefficient (Wildman–Crippen LogP) is 7.49. The molecule has 0 spiro atoms. The number of benzene rings is 1. The van der Waals surface area contributed by atoms with Crippen molar-refractivity contribution in [2.45, 2.75) is 52.5 Å². The van der Waals surface area contributed by atoms with Gasteiger partial charge in [-0.15, -0.1) is 11.3 Å². The van der Waals surface area contributed by atoms with Crippen molar-refractivity contribution in [2.24, 2.45) is 11.8 Å². The Labute approximate surface area is 214 Å². The number of rotatable bonds is 6. The van der Waals surface area contributed by atoms with E-state index in [0.717, 1.165) is 52.6 Å². The first-order valence-electron chi connectivity index (χ1n) is 12.5. The molecule has 5 rings (SSSR count). The molecule has 4 aromatic rings. The average Bonchev–Trinajstić information content (AvgIpc) is 3.51. The molecule has 1 fully saturated rings. The smallest absolute Gasteiger partial charge is 0.348 e. The molecule has 0 unspecified atom stereocenters. The lowest BCUT2D eigenvalue weighted by atomic mass is 9.82. The van der Waals surface area contributed by atoms with Crippen molar-refractivity contribution >= 4 is 40.0 Å². The van der Waals surface area contributed by atoms with Gasteiger partial charge in [0.25, 0.3) is 0 Å². The number of nitrogens with zero attached hydrogens (tertiary/aromatic N) is 2. The summed E-state index contributed by atoms with van der Waals surface area (Å²) in [6, 6.07) is 13.6. The van der Waals surface area contributed by atoms with E-state index in [0.29, 0.717) is 17.3 Å². The van der Waals surface area contributed by atoms with Crippen LogP contribution in [0.1, 0.15) is 56.1 Å². The topological polar surface area (TPSA) is 83.6 Å². The van der Waals surface area contributed by atoms with Crippen LogP contribution in [0.25, 0.3) is 32.7 Å². The number of carbonyl (C=O) groups excluding carboxylic acids is 1. The molecule has 1 aliphatic carbocycles. The number of hydrogen-bond donors (Lipinski definition) is 1. The van der Waals surface area contributed by atoms with E-state index in [1.54, 1.807) is 17.4 Å². The zero-order chi connectivity index (χ0) is 25.4. The number of aromatic nitrogens is 1. The van der Waals surface area contributed by atoms with Crippen molar-refractivity contribution in [2.75, 3.05) is 4.90 Å². The van der Waals surface area contributed by atoms with Crippen molar-refractivity contribution in [3.63, 3.8) is 0 Å². The molecule has 0 atom stereocenters. The average molecular weight is 503 g/mol. The first-order chi connectivity index (χ1) is 17.3. The number of aromatic carboxylic acids is 1. The molecular weight excluding hydrogens is 472 g/mol. The van der Waals surface area contributed by atoms with E-state index in [4.69, 9.17) is 4.42 Å². The van der Waals surface area contributed by atoms with Crippen LogP contribution >= 0.6 is 11.3 Å². The molecular formula is C29H30N2O4S. The monoisotopic (exact) mass is 502 g/mol. The molecule has 1 saturated carbocycles. The van der Waals surface area contributed by atoms with Gasteiger partial charge in [-0.25, -0.2) is 9.78 Å². The fourth-order valence-electron chi connectivity index (χ4n) is 5.05. The Bertz CT molecular complexity index is 1390. The van der Waals surface area contributed by atoms with Crippen LogP contribution in [-0.4, -0.2) is 28.0 Å². The Kier molecular flexibility index (Phi) is 6.67. The van der Waals surface area contributed by atoms with Gasteiger partial charge in [0.15, 0.2) is 0 Å². The molecule has 0 radical (unpaired) electrons. The van der Waals surface area contributed by atoms with Gasteiger partial charge in [0.2, 0.25) is 11.6 Å². The highest BCUT2D eigenvalue weighted by atomic mass is 32.1. The van der Waals surface area contributed by atoms with Crippen LogP contribution in [0.4, 0.5) is 5.69 Å². The maximum Gasteiger partial charge on any atom is 0.348 e.